The van der Waals surface area contributed by atoms with Crippen molar-refractivity contribution in [1.29, 1.82) is 10.5 Å². The van der Waals surface area contributed by atoms with Crippen molar-refractivity contribution in [2.75, 3.05) is 26.3 Å². The van der Waals surface area contributed by atoms with Gasteiger partial charge in [0.05, 0.1) is 38.0 Å². The molecular formula is C18H21N3O4. The molecule has 0 aliphatic heterocycles. The zero-order chi connectivity index (χ0) is 18.5. The van der Waals surface area contributed by atoms with Crippen LogP contribution in [0, 0.1) is 29.6 Å². The minimum atomic E-state index is -0.541. The van der Waals surface area contributed by atoms with Crippen LogP contribution in [-0.4, -0.2) is 43.1 Å². The van der Waals surface area contributed by atoms with E-state index < -0.39 is 18.5 Å². The first-order chi connectivity index (χ1) is 12.1. The van der Waals surface area contributed by atoms with Crippen LogP contribution in [0.15, 0.2) is 24.3 Å². The monoisotopic (exact) mass is 343 g/mol. The zero-order valence-corrected chi connectivity index (χ0v) is 14.2. The molecule has 1 aromatic rings. The Bertz CT molecular complexity index is 626. The topological polar surface area (TPSA) is 103 Å². The Morgan fingerprint density at radius 2 is 1.68 bits per heavy atom. The van der Waals surface area contributed by atoms with Crippen LogP contribution < -0.4 is 4.74 Å². The van der Waals surface area contributed by atoms with E-state index >= 15 is 0 Å². The Morgan fingerprint density at radius 1 is 1.08 bits per heavy atom. The highest BCUT2D eigenvalue weighted by atomic mass is 16.5. The summed E-state index contributed by atoms with van der Waals surface area (Å²) in [4.78, 5) is 25.0. The van der Waals surface area contributed by atoms with Crippen molar-refractivity contribution in [1.82, 2.24) is 4.90 Å². The Labute approximate surface area is 147 Å². The number of carbonyl (C=O) groups excluding carboxylic acids is 2. The van der Waals surface area contributed by atoms with Crippen molar-refractivity contribution in [2.45, 2.75) is 26.2 Å². The van der Waals surface area contributed by atoms with Gasteiger partial charge in [0.15, 0.2) is 6.61 Å². The van der Waals surface area contributed by atoms with E-state index in [-0.39, 0.29) is 39.0 Å². The van der Waals surface area contributed by atoms with Crippen LogP contribution in [0.4, 0.5) is 0 Å². The van der Waals surface area contributed by atoms with Crippen LogP contribution in [0.1, 0.15) is 24.8 Å². The van der Waals surface area contributed by atoms with Crippen LogP contribution in [0.3, 0.4) is 0 Å². The largest absolute Gasteiger partial charge is 0.493 e. The lowest BCUT2D eigenvalue weighted by Gasteiger charge is -2.20. The molecule has 0 aliphatic carbocycles. The molecule has 1 rings (SSSR count). The third-order valence-electron chi connectivity index (χ3n) is 3.29. The second kappa shape index (κ2) is 11.5. The van der Waals surface area contributed by atoms with Gasteiger partial charge in [-0.1, -0.05) is 17.7 Å². The molecule has 25 heavy (non-hydrogen) atoms. The number of amides is 1. The molecule has 1 aromatic carbocycles. The second-order valence-corrected chi connectivity index (χ2v) is 5.27. The lowest BCUT2D eigenvalue weighted by Crippen LogP contribution is -2.36. The van der Waals surface area contributed by atoms with E-state index in [1.807, 2.05) is 43.3 Å². The molecule has 0 aliphatic rings. The maximum Gasteiger partial charge on any atom is 0.309 e. The van der Waals surface area contributed by atoms with Crippen LogP contribution >= 0.6 is 0 Å². The van der Waals surface area contributed by atoms with Crippen molar-refractivity contribution in [2.24, 2.45) is 0 Å². The molecule has 0 radical (unpaired) electrons. The maximum absolute atomic E-state index is 12.0. The summed E-state index contributed by atoms with van der Waals surface area (Å²) in [5, 5.41) is 17.2. The van der Waals surface area contributed by atoms with Crippen molar-refractivity contribution in [3.8, 4) is 17.9 Å². The number of esters is 1. The number of ether oxygens (including phenoxy) is 2. The van der Waals surface area contributed by atoms with Crippen LogP contribution in [-0.2, 0) is 14.3 Å². The fourth-order valence-corrected chi connectivity index (χ4v) is 1.92. The van der Waals surface area contributed by atoms with E-state index in [1.165, 1.54) is 4.90 Å². The summed E-state index contributed by atoms with van der Waals surface area (Å²) < 4.78 is 10.3. The van der Waals surface area contributed by atoms with Gasteiger partial charge in [0.1, 0.15) is 5.75 Å². The second-order valence-electron chi connectivity index (χ2n) is 5.27. The first-order valence-corrected chi connectivity index (χ1v) is 7.93. The lowest BCUT2D eigenvalue weighted by atomic mass is 10.2. The van der Waals surface area contributed by atoms with Gasteiger partial charge in [0, 0.05) is 13.1 Å². The van der Waals surface area contributed by atoms with E-state index in [0.29, 0.717) is 5.75 Å². The van der Waals surface area contributed by atoms with E-state index in [1.54, 1.807) is 0 Å². The molecule has 0 bridgehead atoms. The average Bonchev–Trinajstić information content (AvgIpc) is 2.61. The molecule has 132 valence electrons. The third-order valence-corrected chi connectivity index (χ3v) is 3.29. The van der Waals surface area contributed by atoms with E-state index in [4.69, 9.17) is 20.0 Å². The zero-order valence-electron chi connectivity index (χ0n) is 14.2. The summed E-state index contributed by atoms with van der Waals surface area (Å²) in [6, 6.07) is 11.3. The van der Waals surface area contributed by atoms with Gasteiger partial charge in [0.2, 0.25) is 0 Å². The predicted octanol–water partition coefficient (Wildman–Crippen LogP) is 1.96. The Morgan fingerprint density at radius 3 is 2.24 bits per heavy atom. The molecule has 0 aromatic heterocycles. The van der Waals surface area contributed by atoms with Gasteiger partial charge in [-0.05, 0) is 19.1 Å². The Hall–Kier alpha value is -3.06. The third kappa shape index (κ3) is 8.38. The standard InChI is InChI=1S/C18H21N3O4/c1-15-4-6-16(7-5-15)24-13-8-18(23)25-14-17(22)21(11-2-9-19)12-3-10-20/h4-7H,2-3,8,11-14H2,1H3. The highest BCUT2D eigenvalue weighted by Crippen LogP contribution is 2.11. The number of aryl methyl sites for hydroxylation is 1. The molecule has 0 heterocycles. The van der Waals surface area contributed by atoms with E-state index in [9.17, 15) is 9.59 Å². The molecule has 0 N–H and O–H groups in total. The normalized spacial score (nSPS) is 9.56. The van der Waals surface area contributed by atoms with Crippen molar-refractivity contribution < 1.29 is 19.1 Å². The average molecular weight is 343 g/mol. The summed E-state index contributed by atoms with van der Waals surface area (Å²) in [5.41, 5.74) is 1.11. The van der Waals surface area contributed by atoms with Crippen LogP contribution in [0.25, 0.3) is 0 Å². The molecule has 1 amide bonds. The molecule has 0 spiro atoms. The minimum absolute atomic E-state index is 0.0253. The number of hydrogen-bond donors (Lipinski definition) is 0. The van der Waals surface area contributed by atoms with Crippen molar-refractivity contribution in [3.63, 3.8) is 0 Å². The molecule has 7 nitrogen and oxygen atoms in total. The van der Waals surface area contributed by atoms with E-state index in [2.05, 4.69) is 0 Å². The SMILES string of the molecule is Cc1ccc(OCCC(=O)OCC(=O)N(CCC#N)CCC#N)cc1. The highest BCUT2D eigenvalue weighted by molar-refractivity contribution is 5.80. The van der Waals surface area contributed by atoms with Gasteiger partial charge < -0.3 is 14.4 Å². The molecular weight excluding hydrogens is 322 g/mol. The van der Waals surface area contributed by atoms with Crippen LogP contribution in [0.5, 0.6) is 5.75 Å². The summed E-state index contributed by atoms with van der Waals surface area (Å²) in [5.74, 6) is -0.298. The molecule has 0 atom stereocenters. The quantitative estimate of drug-likeness (QED) is 0.602. The van der Waals surface area contributed by atoms with Gasteiger partial charge in [-0.2, -0.15) is 10.5 Å². The number of benzene rings is 1. The van der Waals surface area contributed by atoms with Gasteiger partial charge >= 0.3 is 5.97 Å². The first kappa shape index (κ1) is 20.0. The first-order valence-electron chi connectivity index (χ1n) is 7.93. The summed E-state index contributed by atoms with van der Waals surface area (Å²) in [7, 11) is 0. The lowest BCUT2D eigenvalue weighted by molar-refractivity contribution is -0.152. The Kier molecular flexibility index (Phi) is 9.17. The number of nitrogens with zero attached hydrogens (tertiary/aromatic N) is 3. The van der Waals surface area contributed by atoms with Crippen LogP contribution in [0.2, 0.25) is 0 Å². The maximum atomic E-state index is 12.0. The fraction of sp³-hybridized carbons (Fsp3) is 0.444. The highest BCUT2D eigenvalue weighted by Gasteiger charge is 2.15. The molecule has 0 saturated carbocycles. The summed E-state index contributed by atoms with van der Waals surface area (Å²) in [6.07, 6.45) is 0.350. The fourth-order valence-electron chi connectivity index (χ4n) is 1.92. The number of rotatable bonds is 10. The van der Waals surface area contributed by atoms with Gasteiger partial charge in [-0.15, -0.1) is 0 Å². The Balaban J connectivity index is 2.30. The van der Waals surface area contributed by atoms with Gasteiger partial charge in [0.25, 0.3) is 5.91 Å². The number of carbonyl (C=O) groups is 2. The molecule has 0 fully saturated rings. The van der Waals surface area contributed by atoms with E-state index in [0.717, 1.165) is 5.56 Å². The number of hydrogen-bond acceptors (Lipinski definition) is 6. The number of nitriles is 2. The molecule has 0 unspecified atom stereocenters. The minimum Gasteiger partial charge on any atom is -0.493 e. The van der Waals surface area contributed by atoms with Crippen molar-refractivity contribution in [3.05, 3.63) is 29.8 Å². The smallest absolute Gasteiger partial charge is 0.309 e. The summed E-state index contributed by atoms with van der Waals surface area (Å²) in [6.45, 7) is 2.15. The van der Waals surface area contributed by atoms with Crippen molar-refractivity contribution >= 4 is 11.9 Å². The van der Waals surface area contributed by atoms with Gasteiger partial charge in [-0.3, -0.25) is 9.59 Å². The van der Waals surface area contributed by atoms with Gasteiger partial charge in [-0.25, -0.2) is 0 Å². The molecule has 7 heteroatoms. The predicted molar refractivity (Wildman–Crippen MR) is 89.3 cm³/mol. The summed E-state index contributed by atoms with van der Waals surface area (Å²) >= 11 is 0. The molecule has 0 saturated heterocycles.